The third kappa shape index (κ3) is 5.73. The van der Waals surface area contributed by atoms with Gasteiger partial charge in [0.1, 0.15) is 0 Å². The maximum absolute atomic E-state index is 12.4. The van der Waals surface area contributed by atoms with Gasteiger partial charge in [-0.05, 0) is 49.2 Å². The van der Waals surface area contributed by atoms with Crippen molar-refractivity contribution in [3.05, 3.63) is 47.5 Å². The summed E-state index contributed by atoms with van der Waals surface area (Å²) >= 11 is 0. The van der Waals surface area contributed by atoms with Gasteiger partial charge in [-0.15, -0.1) is 0 Å². The van der Waals surface area contributed by atoms with Crippen molar-refractivity contribution in [1.29, 1.82) is 0 Å². The van der Waals surface area contributed by atoms with Crippen LogP contribution in [0.1, 0.15) is 22.8 Å². The van der Waals surface area contributed by atoms with E-state index in [0.29, 0.717) is 36.6 Å². The van der Waals surface area contributed by atoms with Crippen LogP contribution in [0.4, 0.5) is 8.78 Å². The van der Waals surface area contributed by atoms with Gasteiger partial charge in [0.25, 0.3) is 5.91 Å². The molecule has 0 saturated heterocycles. The highest BCUT2D eigenvalue weighted by Gasteiger charge is 2.13. The van der Waals surface area contributed by atoms with Crippen molar-refractivity contribution in [3.63, 3.8) is 0 Å². The summed E-state index contributed by atoms with van der Waals surface area (Å²) in [6.45, 7) is -0.217. The Morgan fingerprint density at radius 1 is 1.00 bits per heavy atom. The molecule has 6 nitrogen and oxygen atoms in total. The van der Waals surface area contributed by atoms with Crippen molar-refractivity contribution in [2.45, 2.75) is 20.0 Å². The third-order valence-corrected chi connectivity index (χ3v) is 3.87. The van der Waals surface area contributed by atoms with Crippen LogP contribution in [-0.4, -0.2) is 39.9 Å². The van der Waals surface area contributed by atoms with E-state index in [1.807, 2.05) is 6.92 Å². The molecule has 0 fully saturated rings. The fourth-order valence-corrected chi connectivity index (χ4v) is 2.57. The van der Waals surface area contributed by atoms with Gasteiger partial charge in [-0.1, -0.05) is 6.07 Å². The number of rotatable bonds is 10. The van der Waals surface area contributed by atoms with Gasteiger partial charge in [-0.2, -0.15) is 8.78 Å². The van der Waals surface area contributed by atoms with E-state index in [9.17, 15) is 13.6 Å². The van der Waals surface area contributed by atoms with Crippen LogP contribution < -0.4 is 24.3 Å². The molecule has 0 unspecified atom stereocenters. The molecule has 152 valence electrons. The van der Waals surface area contributed by atoms with Crippen LogP contribution in [0.3, 0.4) is 0 Å². The van der Waals surface area contributed by atoms with E-state index in [4.69, 9.17) is 14.2 Å². The summed E-state index contributed by atoms with van der Waals surface area (Å²) in [6, 6.07) is 9.61. The van der Waals surface area contributed by atoms with Crippen molar-refractivity contribution in [2.24, 2.45) is 0 Å². The Balaban J connectivity index is 1.96. The van der Waals surface area contributed by atoms with Gasteiger partial charge in [0.15, 0.2) is 23.0 Å². The lowest BCUT2D eigenvalue weighted by atomic mass is 10.1. The highest BCUT2D eigenvalue weighted by Crippen LogP contribution is 2.30. The summed E-state index contributed by atoms with van der Waals surface area (Å²) in [5, 5.41) is 2.81. The van der Waals surface area contributed by atoms with Crippen molar-refractivity contribution >= 4 is 5.91 Å². The van der Waals surface area contributed by atoms with E-state index in [1.165, 1.54) is 20.3 Å². The number of benzene rings is 2. The molecular weight excluding hydrogens is 372 g/mol. The summed E-state index contributed by atoms with van der Waals surface area (Å²) in [7, 11) is 2.88. The number of methoxy groups -OCH3 is 2. The number of ether oxygens (including phenoxy) is 4. The molecule has 2 rings (SSSR count). The monoisotopic (exact) mass is 395 g/mol. The molecule has 2 aromatic carbocycles. The minimum atomic E-state index is -2.93. The zero-order valence-corrected chi connectivity index (χ0v) is 16.0. The number of hydrogen-bond donors (Lipinski definition) is 1. The lowest BCUT2D eigenvalue weighted by Gasteiger charge is -2.12. The molecule has 0 spiro atoms. The Hall–Kier alpha value is -3.03. The van der Waals surface area contributed by atoms with E-state index in [1.54, 1.807) is 30.3 Å². The van der Waals surface area contributed by atoms with Crippen molar-refractivity contribution in [1.82, 2.24) is 5.32 Å². The first-order chi connectivity index (χ1) is 13.5. The second-order valence-corrected chi connectivity index (χ2v) is 5.67. The zero-order valence-electron chi connectivity index (χ0n) is 16.0. The van der Waals surface area contributed by atoms with Crippen molar-refractivity contribution in [2.75, 3.05) is 27.4 Å². The topological polar surface area (TPSA) is 66.0 Å². The minimum absolute atomic E-state index is 0.0354. The molecule has 1 amide bonds. The average Bonchev–Trinajstić information content (AvgIpc) is 2.69. The fraction of sp³-hybridized carbons (Fsp3) is 0.350. The van der Waals surface area contributed by atoms with E-state index < -0.39 is 6.61 Å². The average molecular weight is 395 g/mol. The quantitative estimate of drug-likeness (QED) is 0.665. The predicted molar refractivity (Wildman–Crippen MR) is 99.8 cm³/mol. The number of alkyl halides is 2. The van der Waals surface area contributed by atoms with Crippen LogP contribution in [0.25, 0.3) is 0 Å². The van der Waals surface area contributed by atoms with Crippen LogP contribution in [0.2, 0.25) is 0 Å². The Morgan fingerprint density at radius 2 is 1.68 bits per heavy atom. The Bertz CT molecular complexity index is 798. The summed E-state index contributed by atoms with van der Waals surface area (Å²) in [5.74, 6) is 0.965. The number of carbonyl (C=O) groups is 1. The van der Waals surface area contributed by atoms with Gasteiger partial charge < -0.3 is 24.3 Å². The van der Waals surface area contributed by atoms with Gasteiger partial charge in [-0.25, -0.2) is 0 Å². The summed E-state index contributed by atoms with van der Waals surface area (Å²) in [4.78, 5) is 12.3. The van der Waals surface area contributed by atoms with Gasteiger partial charge in [0, 0.05) is 12.1 Å². The smallest absolute Gasteiger partial charge is 0.387 e. The molecule has 0 heterocycles. The molecule has 0 saturated carbocycles. The standard InChI is InChI=1S/C20H23F2NO5/c1-4-27-15-8-6-14(12-18(15)26-3)19(24)23-10-9-13-5-7-16(28-20(21)22)17(11-13)25-2/h5-8,11-12,20H,4,9-10H2,1-3H3,(H,23,24). The first-order valence-corrected chi connectivity index (χ1v) is 8.69. The third-order valence-electron chi connectivity index (χ3n) is 3.87. The second-order valence-electron chi connectivity index (χ2n) is 5.67. The molecule has 2 aromatic rings. The molecule has 0 aliphatic heterocycles. The van der Waals surface area contributed by atoms with Crippen LogP contribution in [0.15, 0.2) is 36.4 Å². The molecule has 1 N–H and O–H groups in total. The molecular formula is C20H23F2NO5. The molecule has 0 aromatic heterocycles. The summed E-state index contributed by atoms with van der Waals surface area (Å²) in [6.07, 6.45) is 0.491. The number of nitrogens with one attached hydrogen (secondary N) is 1. The largest absolute Gasteiger partial charge is 0.493 e. The van der Waals surface area contributed by atoms with Crippen LogP contribution in [0, 0.1) is 0 Å². The first kappa shape index (κ1) is 21.3. The predicted octanol–water partition coefficient (Wildman–Crippen LogP) is 3.68. The highest BCUT2D eigenvalue weighted by molar-refractivity contribution is 5.94. The van der Waals surface area contributed by atoms with E-state index in [-0.39, 0.29) is 17.4 Å². The Morgan fingerprint density at radius 3 is 2.32 bits per heavy atom. The zero-order chi connectivity index (χ0) is 20.5. The normalized spacial score (nSPS) is 10.5. The number of halogens is 2. The SMILES string of the molecule is CCOc1ccc(C(=O)NCCc2ccc(OC(F)F)c(OC)c2)cc1OC. The maximum Gasteiger partial charge on any atom is 0.387 e. The minimum Gasteiger partial charge on any atom is -0.493 e. The van der Waals surface area contributed by atoms with Crippen LogP contribution >= 0.6 is 0 Å². The van der Waals surface area contributed by atoms with Gasteiger partial charge >= 0.3 is 6.61 Å². The maximum atomic E-state index is 12.4. The Kier molecular flexibility index (Phi) is 7.86. The van der Waals surface area contributed by atoms with Crippen LogP contribution in [0.5, 0.6) is 23.0 Å². The molecule has 0 radical (unpaired) electrons. The second kappa shape index (κ2) is 10.3. The van der Waals surface area contributed by atoms with Crippen molar-refractivity contribution in [3.8, 4) is 23.0 Å². The summed E-state index contributed by atoms with van der Waals surface area (Å²) in [5.41, 5.74) is 1.25. The highest BCUT2D eigenvalue weighted by atomic mass is 19.3. The van der Waals surface area contributed by atoms with Crippen molar-refractivity contribution < 1.29 is 32.5 Å². The van der Waals surface area contributed by atoms with E-state index in [2.05, 4.69) is 10.1 Å². The molecule has 28 heavy (non-hydrogen) atoms. The first-order valence-electron chi connectivity index (χ1n) is 8.69. The fourth-order valence-electron chi connectivity index (χ4n) is 2.57. The molecule has 8 heteroatoms. The number of hydrogen-bond acceptors (Lipinski definition) is 5. The lowest BCUT2D eigenvalue weighted by Crippen LogP contribution is -2.25. The van der Waals surface area contributed by atoms with E-state index >= 15 is 0 Å². The molecule has 0 bridgehead atoms. The number of amides is 1. The Labute approximate surface area is 162 Å². The molecule has 0 atom stereocenters. The van der Waals surface area contributed by atoms with E-state index in [0.717, 1.165) is 5.56 Å². The van der Waals surface area contributed by atoms with Crippen LogP contribution in [-0.2, 0) is 6.42 Å². The van der Waals surface area contributed by atoms with Gasteiger partial charge in [0.05, 0.1) is 20.8 Å². The van der Waals surface area contributed by atoms with Gasteiger partial charge in [0.2, 0.25) is 0 Å². The molecule has 0 aliphatic rings. The van der Waals surface area contributed by atoms with Gasteiger partial charge in [-0.3, -0.25) is 4.79 Å². The lowest BCUT2D eigenvalue weighted by molar-refractivity contribution is -0.0512. The molecule has 0 aliphatic carbocycles. The summed E-state index contributed by atoms with van der Waals surface area (Å²) < 4.78 is 44.9. The number of carbonyl (C=O) groups excluding carboxylic acids is 1.